The fourth-order valence-corrected chi connectivity index (χ4v) is 6.93. The summed E-state index contributed by atoms with van der Waals surface area (Å²) >= 11 is 8.96. The highest BCUT2D eigenvalue weighted by molar-refractivity contribution is 7.99. The number of aromatic nitrogens is 2. The standard InChI is InChI=1S/C27H26ClN3O3S2/c1-15-8-10-20(16(2)12-15)31-26(33)24-18-6-4-5-7-22(18)36-25(24)30-27(31)35-14-23(32)29-19-13-17(28)9-11-21(19)34-3/h8-13H,4-7,14H2,1-3H3,(H,29,32). The van der Waals surface area contributed by atoms with Crippen LogP contribution in [0.5, 0.6) is 5.75 Å². The molecule has 1 amide bonds. The third-order valence-corrected chi connectivity index (χ3v) is 8.68. The van der Waals surface area contributed by atoms with Crippen LogP contribution in [-0.2, 0) is 17.6 Å². The van der Waals surface area contributed by atoms with Gasteiger partial charge in [-0.05, 0) is 74.9 Å². The van der Waals surface area contributed by atoms with E-state index in [-0.39, 0.29) is 17.2 Å². The van der Waals surface area contributed by atoms with Crippen molar-refractivity contribution in [2.45, 2.75) is 44.7 Å². The van der Waals surface area contributed by atoms with Crippen molar-refractivity contribution in [1.29, 1.82) is 0 Å². The molecule has 0 bridgehead atoms. The van der Waals surface area contributed by atoms with Gasteiger partial charge in [0.05, 0.1) is 29.6 Å². The number of benzene rings is 2. The van der Waals surface area contributed by atoms with Gasteiger partial charge in [-0.25, -0.2) is 4.98 Å². The zero-order chi connectivity index (χ0) is 25.4. The van der Waals surface area contributed by atoms with Crippen molar-refractivity contribution >= 4 is 56.5 Å². The van der Waals surface area contributed by atoms with Crippen LogP contribution in [-0.4, -0.2) is 28.3 Å². The van der Waals surface area contributed by atoms with E-state index in [0.29, 0.717) is 21.6 Å². The van der Waals surface area contributed by atoms with Gasteiger partial charge >= 0.3 is 0 Å². The van der Waals surface area contributed by atoms with Crippen molar-refractivity contribution in [3.05, 3.63) is 73.3 Å². The molecule has 0 saturated carbocycles. The molecule has 0 unspecified atom stereocenters. The summed E-state index contributed by atoms with van der Waals surface area (Å²) in [4.78, 5) is 33.8. The van der Waals surface area contributed by atoms with Crippen LogP contribution < -0.4 is 15.6 Å². The first-order valence-corrected chi connectivity index (χ1v) is 13.9. The lowest BCUT2D eigenvalue weighted by Gasteiger charge is -2.16. The van der Waals surface area contributed by atoms with Crippen LogP contribution >= 0.6 is 34.7 Å². The molecule has 1 N–H and O–H groups in total. The number of nitrogens with one attached hydrogen (secondary N) is 1. The number of halogens is 1. The summed E-state index contributed by atoms with van der Waals surface area (Å²) in [6.45, 7) is 4.02. The number of methoxy groups -OCH3 is 1. The van der Waals surface area contributed by atoms with Crippen LogP contribution in [0.25, 0.3) is 15.9 Å². The zero-order valence-electron chi connectivity index (χ0n) is 20.3. The van der Waals surface area contributed by atoms with Gasteiger partial charge in [0.1, 0.15) is 10.6 Å². The topological polar surface area (TPSA) is 73.2 Å². The lowest BCUT2D eigenvalue weighted by molar-refractivity contribution is -0.113. The minimum absolute atomic E-state index is 0.0641. The fraction of sp³-hybridized carbons (Fsp3) is 0.296. The largest absolute Gasteiger partial charge is 0.495 e. The predicted molar refractivity (Wildman–Crippen MR) is 149 cm³/mol. The molecule has 1 aliphatic carbocycles. The highest BCUT2D eigenvalue weighted by Crippen LogP contribution is 2.36. The number of rotatable bonds is 6. The summed E-state index contributed by atoms with van der Waals surface area (Å²) in [7, 11) is 1.54. The lowest BCUT2D eigenvalue weighted by Crippen LogP contribution is -2.24. The number of aryl methyl sites for hydroxylation is 4. The van der Waals surface area contributed by atoms with E-state index in [1.165, 1.54) is 23.7 Å². The number of carbonyl (C=O) groups excluding carboxylic acids is 1. The molecule has 6 nitrogen and oxygen atoms in total. The van der Waals surface area contributed by atoms with Crippen LogP contribution in [0.4, 0.5) is 5.69 Å². The molecule has 9 heteroatoms. The number of thioether (sulfide) groups is 1. The molecule has 0 atom stereocenters. The van der Waals surface area contributed by atoms with Crippen molar-refractivity contribution in [3.63, 3.8) is 0 Å². The van der Waals surface area contributed by atoms with Crippen LogP contribution in [0.2, 0.25) is 5.02 Å². The van der Waals surface area contributed by atoms with Gasteiger partial charge in [0.2, 0.25) is 5.91 Å². The third kappa shape index (κ3) is 4.77. The smallest absolute Gasteiger partial charge is 0.267 e. The number of carbonyl (C=O) groups is 1. The van der Waals surface area contributed by atoms with Crippen LogP contribution in [0.15, 0.2) is 46.3 Å². The Morgan fingerprint density at radius 1 is 1.19 bits per heavy atom. The second-order valence-electron chi connectivity index (χ2n) is 8.90. The van der Waals surface area contributed by atoms with Gasteiger partial charge < -0.3 is 10.1 Å². The van der Waals surface area contributed by atoms with E-state index >= 15 is 0 Å². The Bertz CT molecular complexity index is 1540. The van der Waals surface area contributed by atoms with Crippen molar-refractivity contribution in [1.82, 2.24) is 9.55 Å². The highest BCUT2D eigenvalue weighted by Gasteiger charge is 2.24. The molecule has 36 heavy (non-hydrogen) atoms. The summed E-state index contributed by atoms with van der Waals surface area (Å²) in [6, 6.07) is 11.1. The molecule has 0 radical (unpaired) electrons. The van der Waals surface area contributed by atoms with Gasteiger partial charge in [0, 0.05) is 9.90 Å². The zero-order valence-corrected chi connectivity index (χ0v) is 22.7. The van der Waals surface area contributed by atoms with Gasteiger partial charge in [-0.3, -0.25) is 14.2 Å². The minimum atomic E-state index is -0.243. The lowest BCUT2D eigenvalue weighted by atomic mass is 9.97. The molecule has 2 aromatic carbocycles. The number of hydrogen-bond acceptors (Lipinski definition) is 6. The summed E-state index contributed by atoms with van der Waals surface area (Å²) in [6.07, 6.45) is 4.13. The quantitative estimate of drug-likeness (QED) is 0.229. The summed E-state index contributed by atoms with van der Waals surface area (Å²) < 4.78 is 7.01. The molecule has 0 saturated heterocycles. The molecule has 0 spiro atoms. The Morgan fingerprint density at radius 3 is 2.78 bits per heavy atom. The monoisotopic (exact) mass is 539 g/mol. The van der Waals surface area contributed by atoms with Crippen molar-refractivity contribution < 1.29 is 9.53 Å². The maximum Gasteiger partial charge on any atom is 0.267 e. The number of amides is 1. The van der Waals surface area contributed by atoms with Gasteiger partial charge in [0.25, 0.3) is 5.56 Å². The minimum Gasteiger partial charge on any atom is -0.495 e. The Morgan fingerprint density at radius 2 is 2.00 bits per heavy atom. The van der Waals surface area contributed by atoms with Crippen molar-refractivity contribution in [2.24, 2.45) is 0 Å². The van der Waals surface area contributed by atoms with Crippen molar-refractivity contribution in [3.8, 4) is 11.4 Å². The van der Waals surface area contributed by atoms with Crippen molar-refractivity contribution in [2.75, 3.05) is 18.2 Å². The van der Waals surface area contributed by atoms with Gasteiger partial charge in [0.15, 0.2) is 5.16 Å². The maximum atomic E-state index is 14.0. The fourth-order valence-electron chi connectivity index (χ4n) is 4.65. The van der Waals surface area contributed by atoms with Crippen LogP contribution in [0.1, 0.15) is 34.4 Å². The number of hydrogen-bond donors (Lipinski definition) is 1. The number of nitrogens with zero attached hydrogens (tertiary/aromatic N) is 2. The van der Waals surface area contributed by atoms with E-state index < -0.39 is 0 Å². The van der Waals surface area contributed by atoms with Gasteiger partial charge in [-0.1, -0.05) is 41.1 Å². The Kier molecular flexibility index (Phi) is 7.10. The molecule has 2 heterocycles. The number of ether oxygens (including phenoxy) is 1. The van der Waals surface area contributed by atoms with E-state index in [0.717, 1.165) is 58.3 Å². The van der Waals surface area contributed by atoms with E-state index in [2.05, 4.69) is 11.4 Å². The number of fused-ring (bicyclic) bond motifs is 3. The van der Waals surface area contributed by atoms with E-state index in [9.17, 15) is 9.59 Å². The van der Waals surface area contributed by atoms with Gasteiger partial charge in [-0.2, -0.15) is 0 Å². The predicted octanol–water partition coefficient (Wildman–Crippen LogP) is 6.34. The molecule has 0 aliphatic heterocycles. The molecule has 186 valence electrons. The third-order valence-electron chi connectivity index (χ3n) is 6.32. The molecular formula is C27H26ClN3O3S2. The second-order valence-corrected chi connectivity index (χ2v) is 11.4. The normalized spacial score (nSPS) is 13.0. The Labute approximate surface area is 222 Å². The summed E-state index contributed by atoms with van der Waals surface area (Å²) in [5, 5.41) is 4.59. The summed E-state index contributed by atoms with van der Waals surface area (Å²) in [5.74, 6) is 0.352. The van der Waals surface area contributed by atoms with E-state index in [4.69, 9.17) is 21.3 Å². The molecule has 5 rings (SSSR count). The maximum absolute atomic E-state index is 14.0. The van der Waals surface area contributed by atoms with Crippen LogP contribution in [0, 0.1) is 13.8 Å². The highest BCUT2D eigenvalue weighted by atomic mass is 35.5. The van der Waals surface area contributed by atoms with E-state index in [1.54, 1.807) is 34.1 Å². The molecular weight excluding hydrogens is 514 g/mol. The first-order chi connectivity index (χ1) is 17.4. The molecule has 2 aromatic heterocycles. The molecule has 4 aromatic rings. The molecule has 1 aliphatic rings. The first kappa shape index (κ1) is 24.9. The SMILES string of the molecule is COc1ccc(Cl)cc1NC(=O)CSc1nc2sc3c(c2c(=O)n1-c1ccc(C)cc1C)CCCC3. The summed E-state index contributed by atoms with van der Waals surface area (Å²) in [5.41, 5.74) is 4.48. The molecule has 0 fully saturated rings. The second kappa shape index (κ2) is 10.3. The van der Waals surface area contributed by atoms with Crippen LogP contribution in [0.3, 0.4) is 0 Å². The number of thiophene rings is 1. The number of anilines is 1. The average Bonchev–Trinajstić information content (AvgIpc) is 3.22. The average molecular weight is 540 g/mol. The first-order valence-electron chi connectivity index (χ1n) is 11.8. The Balaban J connectivity index is 1.54. The van der Waals surface area contributed by atoms with E-state index in [1.807, 2.05) is 26.0 Å². The van der Waals surface area contributed by atoms with Gasteiger partial charge in [-0.15, -0.1) is 11.3 Å². The Hall–Kier alpha value is -2.81.